The van der Waals surface area contributed by atoms with Crippen LogP contribution in [-0.2, 0) is 17.6 Å². The number of nitriles is 1. The van der Waals surface area contributed by atoms with Crippen molar-refractivity contribution in [2.24, 2.45) is 5.92 Å². The first-order chi connectivity index (χ1) is 14.0. The van der Waals surface area contributed by atoms with E-state index in [9.17, 15) is 10.1 Å². The first-order valence-electron chi connectivity index (χ1n) is 10.4. The molecular formula is C21H27N5O2S. The van der Waals surface area contributed by atoms with Gasteiger partial charge in [-0.15, -0.1) is 11.3 Å². The third kappa shape index (κ3) is 4.51. The van der Waals surface area contributed by atoms with Gasteiger partial charge in [0, 0.05) is 24.4 Å². The molecule has 0 aromatic carbocycles. The molecule has 29 heavy (non-hydrogen) atoms. The highest BCUT2D eigenvalue weighted by Gasteiger charge is 2.27. The highest BCUT2D eigenvalue weighted by Crippen LogP contribution is 2.39. The molecule has 2 aromatic rings. The molecule has 3 heterocycles. The summed E-state index contributed by atoms with van der Waals surface area (Å²) in [7, 11) is 0. The first kappa shape index (κ1) is 20.0. The maximum absolute atomic E-state index is 12.6. The Balaban J connectivity index is 1.33. The van der Waals surface area contributed by atoms with Gasteiger partial charge in [0.25, 0.3) is 0 Å². The number of thiophene rings is 1. The van der Waals surface area contributed by atoms with Crippen LogP contribution in [0, 0.1) is 24.2 Å². The van der Waals surface area contributed by atoms with Crippen molar-refractivity contribution in [3.63, 3.8) is 0 Å². The highest BCUT2D eigenvalue weighted by atomic mass is 32.1. The maximum Gasteiger partial charge on any atom is 0.231 e. The van der Waals surface area contributed by atoms with Gasteiger partial charge in [-0.2, -0.15) is 10.2 Å². The summed E-state index contributed by atoms with van der Waals surface area (Å²) in [5.41, 5.74) is 1.83. The quantitative estimate of drug-likeness (QED) is 0.804. The molecule has 2 aromatic heterocycles. The molecule has 1 amide bonds. The van der Waals surface area contributed by atoms with Crippen LogP contribution in [0.15, 0.2) is 4.52 Å². The van der Waals surface area contributed by atoms with Crippen molar-refractivity contribution >= 4 is 22.2 Å². The standard InChI is InChI=1S/C21H27N5O2S/c1-13-5-6-16-17(11-22)21(29-18(16)10-13)24-19(27)7-9-26-8-3-4-15(12-26)20-23-14(2)25-28-20/h13,15H,3-10,12H2,1-2H3,(H,24,27). The number of hydrogen-bond donors (Lipinski definition) is 1. The molecule has 0 bridgehead atoms. The van der Waals surface area contributed by atoms with E-state index in [2.05, 4.69) is 33.4 Å². The molecule has 0 saturated carbocycles. The summed E-state index contributed by atoms with van der Waals surface area (Å²) in [6.07, 6.45) is 5.57. The fourth-order valence-electron chi connectivity index (χ4n) is 4.35. The normalized spacial score (nSPS) is 22.1. The van der Waals surface area contributed by atoms with Gasteiger partial charge in [0.05, 0.1) is 11.5 Å². The Morgan fingerprint density at radius 3 is 3.07 bits per heavy atom. The molecule has 4 rings (SSSR count). The smallest absolute Gasteiger partial charge is 0.231 e. The highest BCUT2D eigenvalue weighted by molar-refractivity contribution is 7.16. The lowest BCUT2D eigenvalue weighted by atomic mass is 9.89. The van der Waals surface area contributed by atoms with Gasteiger partial charge in [0.1, 0.15) is 11.1 Å². The maximum atomic E-state index is 12.6. The lowest BCUT2D eigenvalue weighted by Gasteiger charge is -2.30. The number of aromatic nitrogens is 2. The molecule has 0 radical (unpaired) electrons. The minimum absolute atomic E-state index is 0.0242. The van der Waals surface area contributed by atoms with E-state index >= 15 is 0 Å². The van der Waals surface area contributed by atoms with E-state index in [1.807, 2.05) is 6.92 Å². The zero-order valence-electron chi connectivity index (χ0n) is 17.0. The number of amides is 1. The zero-order valence-corrected chi connectivity index (χ0v) is 17.8. The molecule has 1 N–H and O–H groups in total. The van der Waals surface area contributed by atoms with Gasteiger partial charge in [-0.1, -0.05) is 12.1 Å². The number of likely N-dealkylation sites (tertiary alicyclic amines) is 1. The van der Waals surface area contributed by atoms with Crippen LogP contribution in [0.2, 0.25) is 0 Å². The van der Waals surface area contributed by atoms with Crippen LogP contribution in [0.5, 0.6) is 0 Å². The topological polar surface area (TPSA) is 95.0 Å². The largest absolute Gasteiger partial charge is 0.339 e. The van der Waals surface area contributed by atoms with E-state index in [1.54, 1.807) is 11.3 Å². The van der Waals surface area contributed by atoms with E-state index in [0.717, 1.165) is 55.8 Å². The number of hydrogen-bond acceptors (Lipinski definition) is 7. The molecule has 2 atom stereocenters. The lowest BCUT2D eigenvalue weighted by Crippen LogP contribution is -2.36. The molecule has 154 valence electrons. The van der Waals surface area contributed by atoms with Gasteiger partial charge >= 0.3 is 0 Å². The Labute approximate surface area is 175 Å². The van der Waals surface area contributed by atoms with E-state index < -0.39 is 0 Å². The summed E-state index contributed by atoms with van der Waals surface area (Å²) in [6.45, 7) is 6.58. The van der Waals surface area contributed by atoms with Crippen molar-refractivity contribution < 1.29 is 9.32 Å². The first-order valence-corrected chi connectivity index (χ1v) is 11.2. The fourth-order valence-corrected chi connectivity index (χ4v) is 5.72. The van der Waals surface area contributed by atoms with Gasteiger partial charge < -0.3 is 14.7 Å². The number of carbonyl (C=O) groups is 1. The Morgan fingerprint density at radius 2 is 2.31 bits per heavy atom. The molecule has 0 spiro atoms. The van der Waals surface area contributed by atoms with Crippen LogP contribution in [0.3, 0.4) is 0 Å². The van der Waals surface area contributed by atoms with Crippen LogP contribution < -0.4 is 5.32 Å². The van der Waals surface area contributed by atoms with Crippen molar-refractivity contribution in [2.75, 3.05) is 25.0 Å². The third-order valence-corrected chi connectivity index (χ3v) is 7.10. The second kappa shape index (κ2) is 8.64. The molecule has 2 unspecified atom stereocenters. The minimum Gasteiger partial charge on any atom is -0.339 e. The molecule has 1 aliphatic heterocycles. The summed E-state index contributed by atoms with van der Waals surface area (Å²) in [5.74, 6) is 2.23. The van der Waals surface area contributed by atoms with Crippen molar-refractivity contribution in [1.82, 2.24) is 15.0 Å². The van der Waals surface area contributed by atoms with Crippen LogP contribution in [0.1, 0.15) is 66.2 Å². The molecule has 8 heteroatoms. The van der Waals surface area contributed by atoms with Crippen molar-refractivity contribution in [3.8, 4) is 6.07 Å². The predicted molar refractivity (Wildman–Crippen MR) is 111 cm³/mol. The minimum atomic E-state index is -0.0242. The summed E-state index contributed by atoms with van der Waals surface area (Å²) in [6, 6.07) is 2.32. The van der Waals surface area contributed by atoms with Gasteiger partial charge in [0.2, 0.25) is 11.8 Å². The third-order valence-electron chi connectivity index (χ3n) is 5.93. The average molecular weight is 414 g/mol. The summed E-state index contributed by atoms with van der Waals surface area (Å²) >= 11 is 1.58. The molecule has 7 nitrogen and oxygen atoms in total. The number of carbonyl (C=O) groups excluding carboxylic acids is 1. The van der Waals surface area contributed by atoms with Gasteiger partial charge in [-0.25, -0.2) is 0 Å². The fraction of sp³-hybridized carbons (Fsp3) is 0.619. The SMILES string of the molecule is Cc1noc(C2CCCN(CCC(=O)Nc3sc4c(c3C#N)CCC(C)C4)C2)n1. The van der Waals surface area contributed by atoms with Gasteiger partial charge in [-0.05, 0) is 57.1 Å². The van der Waals surface area contributed by atoms with Gasteiger partial charge in [-0.3, -0.25) is 4.79 Å². The number of fused-ring (bicyclic) bond motifs is 1. The Kier molecular flexibility index (Phi) is 5.97. The Morgan fingerprint density at radius 1 is 1.45 bits per heavy atom. The van der Waals surface area contributed by atoms with Crippen LogP contribution in [-0.4, -0.2) is 40.6 Å². The summed E-state index contributed by atoms with van der Waals surface area (Å²) in [4.78, 5) is 20.5. The average Bonchev–Trinajstić information content (AvgIpc) is 3.29. The van der Waals surface area contributed by atoms with Crippen LogP contribution in [0.4, 0.5) is 5.00 Å². The lowest BCUT2D eigenvalue weighted by molar-refractivity contribution is -0.116. The molecule has 1 saturated heterocycles. The van der Waals surface area contributed by atoms with E-state index in [1.165, 1.54) is 4.88 Å². The zero-order chi connectivity index (χ0) is 20.4. The summed E-state index contributed by atoms with van der Waals surface area (Å²) in [5, 5.41) is 17.2. The molecule has 1 aliphatic carbocycles. The monoisotopic (exact) mass is 413 g/mol. The molecule has 1 fully saturated rings. The van der Waals surface area contributed by atoms with E-state index in [-0.39, 0.29) is 11.8 Å². The second-order valence-corrected chi connectivity index (χ2v) is 9.39. The van der Waals surface area contributed by atoms with Crippen LogP contribution >= 0.6 is 11.3 Å². The number of piperidine rings is 1. The van der Waals surface area contributed by atoms with E-state index in [0.29, 0.717) is 36.2 Å². The number of anilines is 1. The Hall–Kier alpha value is -2.24. The Bertz CT molecular complexity index is 928. The second-order valence-electron chi connectivity index (χ2n) is 8.29. The van der Waals surface area contributed by atoms with Gasteiger partial charge in [0.15, 0.2) is 5.82 Å². The molecule has 2 aliphatic rings. The van der Waals surface area contributed by atoms with Crippen molar-refractivity contribution in [1.29, 1.82) is 5.26 Å². The number of aryl methyl sites for hydroxylation is 1. The van der Waals surface area contributed by atoms with Crippen LogP contribution in [0.25, 0.3) is 0 Å². The van der Waals surface area contributed by atoms with E-state index in [4.69, 9.17) is 4.52 Å². The number of rotatable bonds is 5. The number of nitrogens with one attached hydrogen (secondary N) is 1. The predicted octanol–water partition coefficient (Wildman–Crippen LogP) is 3.64. The number of nitrogens with zero attached hydrogens (tertiary/aromatic N) is 4. The summed E-state index contributed by atoms with van der Waals surface area (Å²) < 4.78 is 5.33. The molecular weight excluding hydrogens is 386 g/mol. The van der Waals surface area contributed by atoms with Crippen molar-refractivity contribution in [2.45, 2.75) is 58.3 Å². The van der Waals surface area contributed by atoms with Crippen molar-refractivity contribution in [3.05, 3.63) is 27.7 Å².